The van der Waals surface area contributed by atoms with E-state index in [1.807, 2.05) is 12.1 Å². The fraction of sp³-hybridized carbons (Fsp3) is 0.316. The molecule has 0 saturated carbocycles. The third-order valence-electron chi connectivity index (χ3n) is 4.68. The van der Waals surface area contributed by atoms with Gasteiger partial charge in [-0.3, -0.25) is 14.9 Å². The zero-order valence-corrected chi connectivity index (χ0v) is 14.4. The molecule has 0 radical (unpaired) electrons. The molecule has 2 aromatic rings. The molecular formula is C19H21N3O3. The maximum absolute atomic E-state index is 12.7. The van der Waals surface area contributed by atoms with Gasteiger partial charge in [0.25, 0.3) is 11.6 Å². The van der Waals surface area contributed by atoms with Gasteiger partial charge in [0, 0.05) is 49.1 Å². The minimum absolute atomic E-state index is 0.00982. The minimum atomic E-state index is -0.442. The van der Waals surface area contributed by atoms with E-state index in [-0.39, 0.29) is 11.6 Å². The van der Waals surface area contributed by atoms with Gasteiger partial charge in [-0.05, 0) is 31.5 Å². The number of para-hydroxylation sites is 1. The second-order valence-electron chi connectivity index (χ2n) is 6.32. The Morgan fingerprint density at radius 1 is 1.00 bits per heavy atom. The summed E-state index contributed by atoms with van der Waals surface area (Å²) in [5.41, 5.74) is 3.34. The molecule has 0 aromatic heterocycles. The molecule has 1 amide bonds. The summed E-state index contributed by atoms with van der Waals surface area (Å²) in [6, 6.07) is 12.9. The SMILES string of the molecule is Cc1ccccc1N1CCN(C(=O)c2ccc(C)c([N+](=O)[O-])c2)CC1. The van der Waals surface area contributed by atoms with Gasteiger partial charge in [0.15, 0.2) is 0 Å². The van der Waals surface area contributed by atoms with Gasteiger partial charge in [-0.15, -0.1) is 0 Å². The largest absolute Gasteiger partial charge is 0.368 e. The number of nitrogens with zero attached hydrogens (tertiary/aromatic N) is 3. The highest BCUT2D eigenvalue weighted by atomic mass is 16.6. The summed E-state index contributed by atoms with van der Waals surface area (Å²) in [6.45, 7) is 6.48. The highest BCUT2D eigenvalue weighted by molar-refractivity contribution is 5.95. The molecule has 0 aliphatic carbocycles. The molecule has 0 spiro atoms. The first-order chi connectivity index (χ1) is 12.0. The Hall–Kier alpha value is -2.89. The molecule has 130 valence electrons. The van der Waals surface area contributed by atoms with Crippen molar-refractivity contribution in [3.05, 3.63) is 69.3 Å². The van der Waals surface area contributed by atoms with Gasteiger partial charge in [0.05, 0.1) is 4.92 Å². The van der Waals surface area contributed by atoms with E-state index in [9.17, 15) is 14.9 Å². The topological polar surface area (TPSA) is 66.7 Å². The number of carbonyl (C=O) groups excluding carboxylic acids is 1. The molecule has 1 heterocycles. The first kappa shape index (κ1) is 17.0. The van der Waals surface area contributed by atoms with Crippen LogP contribution in [0, 0.1) is 24.0 Å². The third kappa shape index (κ3) is 3.47. The Morgan fingerprint density at radius 3 is 2.32 bits per heavy atom. The van der Waals surface area contributed by atoms with Crippen molar-refractivity contribution in [1.82, 2.24) is 4.90 Å². The van der Waals surface area contributed by atoms with E-state index in [1.54, 1.807) is 24.0 Å². The Morgan fingerprint density at radius 2 is 1.68 bits per heavy atom. The average molecular weight is 339 g/mol. The van der Waals surface area contributed by atoms with Gasteiger partial charge < -0.3 is 9.80 Å². The van der Waals surface area contributed by atoms with Crippen LogP contribution in [0.4, 0.5) is 11.4 Å². The zero-order chi connectivity index (χ0) is 18.0. The lowest BCUT2D eigenvalue weighted by molar-refractivity contribution is -0.385. The lowest BCUT2D eigenvalue weighted by Crippen LogP contribution is -2.49. The highest BCUT2D eigenvalue weighted by Gasteiger charge is 2.24. The summed E-state index contributed by atoms with van der Waals surface area (Å²) in [7, 11) is 0. The zero-order valence-electron chi connectivity index (χ0n) is 14.4. The van der Waals surface area contributed by atoms with Crippen LogP contribution in [0.1, 0.15) is 21.5 Å². The van der Waals surface area contributed by atoms with E-state index in [2.05, 4.69) is 24.0 Å². The second kappa shape index (κ2) is 6.93. The van der Waals surface area contributed by atoms with Gasteiger partial charge in [-0.2, -0.15) is 0 Å². The normalized spacial score (nSPS) is 14.5. The Labute approximate surface area is 146 Å². The van der Waals surface area contributed by atoms with Crippen LogP contribution in [-0.2, 0) is 0 Å². The standard InChI is InChI=1S/C19H21N3O3/c1-14-5-3-4-6-17(14)20-9-11-21(12-10-20)19(23)16-8-7-15(2)18(13-16)22(24)25/h3-8,13H,9-12H2,1-2H3. The van der Waals surface area contributed by atoms with Crippen molar-refractivity contribution < 1.29 is 9.72 Å². The van der Waals surface area contributed by atoms with Crippen LogP contribution in [0.2, 0.25) is 0 Å². The Bertz CT molecular complexity index is 811. The molecule has 0 atom stereocenters. The molecule has 0 bridgehead atoms. The predicted octanol–water partition coefficient (Wildman–Crippen LogP) is 3.17. The van der Waals surface area contributed by atoms with Crippen molar-refractivity contribution in [2.75, 3.05) is 31.1 Å². The first-order valence-corrected chi connectivity index (χ1v) is 8.32. The van der Waals surface area contributed by atoms with Crippen LogP contribution < -0.4 is 4.90 Å². The summed E-state index contributed by atoms with van der Waals surface area (Å²) in [4.78, 5) is 27.4. The molecule has 0 N–H and O–H groups in total. The molecule has 0 unspecified atom stereocenters. The maximum atomic E-state index is 12.7. The van der Waals surface area contributed by atoms with Crippen molar-refractivity contribution in [1.29, 1.82) is 0 Å². The molecule has 3 rings (SSSR count). The molecule has 25 heavy (non-hydrogen) atoms. The van der Waals surface area contributed by atoms with E-state index in [0.29, 0.717) is 24.2 Å². The number of nitro benzene ring substituents is 1. The lowest BCUT2D eigenvalue weighted by atomic mass is 10.1. The molecule has 2 aromatic carbocycles. The molecule has 6 heteroatoms. The van der Waals surface area contributed by atoms with E-state index in [4.69, 9.17) is 0 Å². The fourth-order valence-electron chi connectivity index (χ4n) is 3.19. The van der Waals surface area contributed by atoms with Crippen molar-refractivity contribution in [3.63, 3.8) is 0 Å². The number of piperazine rings is 1. The van der Waals surface area contributed by atoms with E-state index in [1.165, 1.54) is 17.3 Å². The monoisotopic (exact) mass is 339 g/mol. The van der Waals surface area contributed by atoms with Gasteiger partial charge >= 0.3 is 0 Å². The Balaban J connectivity index is 1.71. The van der Waals surface area contributed by atoms with Crippen molar-refractivity contribution in [2.45, 2.75) is 13.8 Å². The van der Waals surface area contributed by atoms with Crippen LogP contribution in [0.5, 0.6) is 0 Å². The van der Waals surface area contributed by atoms with E-state index in [0.717, 1.165) is 13.1 Å². The second-order valence-corrected chi connectivity index (χ2v) is 6.32. The number of amides is 1. The van der Waals surface area contributed by atoms with E-state index < -0.39 is 4.92 Å². The number of rotatable bonds is 3. The van der Waals surface area contributed by atoms with Crippen LogP contribution in [-0.4, -0.2) is 41.9 Å². The number of hydrogen-bond acceptors (Lipinski definition) is 4. The summed E-state index contributed by atoms with van der Waals surface area (Å²) >= 11 is 0. The number of aryl methyl sites for hydroxylation is 2. The van der Waals surface area contributed by atoms with Crippen LogP contribution in [0.3, 0.4) is 0 Å². The highest BCUT2D eigenvalue weighted by Crippen LogP contribution is 2.23. The number of hydrogen-bond donors (Lipinski definition) is 0. The number of anilines is 1. The van der Waals surface area contributed by atoms with Crippen LogP contribution in [0.25, 0.3) is 0 Å². The number of carbonyl (C=O) groups is 1. The summed E-state index contributed by atoms with van der Waals surface area (Å²) in [6.07, 6.45) is 0. The smallest absolute Gasteiger partial charge is 0.273 e. The van der Waals surface area contributed by atoms with Gasteiger partial charge in [-0.1, -0.05) is 24.3 Å². The molecule has 1 aliphatic rings. The molecular weight excluding hydrogens is 318 g/mol. The van der Waals surface area contributed by atoms with Gasteiger partial charge in [-0.25, -0.2) is 0 Å². The molecule has 1 aliphatic heterocycles. The minimum Gasteiger partial charge on any atom is -0.368 e. The fourth-order valence-corrected chi connectivity index (χ4v) is 3.19. The lowest BCUT2D eigenvalue weighted by Gasteiger charge is -2.36. The summed E-state index contributed by atoms with van der Waals surface area (Å²) < 4.78 is 0. The van der Waals surface area contributed by atoms with Crippen LogP contribution >= 0.6 is 0 Å². The number of benzene rings is 2. The predicted molar refractivity (Wildman–Crippen MR) is 97.1 cm³/mol. The van der Waals surface area contributed by atoms with Crippen molar-refractivity contribution in [2.24, 2.45) is 0 Å². The third-order valence-corrected chi connectivity index (χ3v) is 4.68. The molecule has 6 nitrogen and oxygen atoms in total. The van der Waals surface area contributed by atoms with Gasteiger partial charge in [0.1, 0.15) is 0 Å². The molecule has 1 fully saturated rings. The van der Waals surface area contributed by atoms with Crippen LogP contribution in [0.15, 0.2) is 42.5 Å². The first-order valence-electron chi connectivity index (χ1n) is 8.32. The summed E-state index contributed by atoms with van der Waals surface area (Å²) in [5.74, 6) is -0.146. The van der Waals surface area contributed by atoms with Gasteiger partial charge in [0.2, 0.25) is 0 Å². The number of nitro groups is 1. The van der Waals surface area contributed by atoms with E-state index >= 15 is 0 Å². The summed E-state index contributed by atoms with van der Waals surface area (Å²) in [5, 5.41) is 11.1. The Kier molecular flexibility index (Phi) is 4.70. The molecule has 1 saturated heterocycles. The van der Waals surface area contributed by atoms with Crippen molar-refractivity contribution in [3.8, 4) is 0 Å². The average Bonchev–Trinajstić information content (AvgIpc) is 2.62. The maximum Gasteiger partial charge on any atom is 0.273 e. The quantitative estimate of drug-likeness (QED) is 0.636. The van der Waals surface area contributed by atoms with Crippen molar-refractivity contribution >= 4 is 17.3 Å².